The van der Waals surface area contributed by atoms with Gasteiger partial charge in [0.1, 0.15) is 0 Å². The molecule has 4 atom stereocenters. The predicted octanol–water partition coefficient (Wildman–Crippen LogP) is 1.03. The molecule has 1 saturated heterocycles. The van der Waals surface area contributed by atoms with Crippen LogP contribution in [-0.2, 0) is 9.53 Å². The largest absolute Gasteiger partial charge is 0.479 e. The highest BCUT2D eigenvalue weighted by Crippen LogP contribution is 2.36. The fourth-order valence-corrected chi connectivity index (χ4v) is 2.22. The second kappa shape index (κ2) is 3.87. The summed E-state index contributed by atoms with van der Waals surface area (Å²) in [6, 6.07) is 0. The lowest BCUT2D eigenvalue weighted by Gasteiger charge is -2.30. The molecule has 0 aromatic heterocycles. The van der Waals surface area contributed by atoms with Crippen LogP contribution in [0.5, 0.6) is 0 Å². The summed E-state index contributed by atoms with van der Waals surface area (Å²) in [5, 5.41) is 19.0. The first-order valence-electron chi connectivity index (χ1n) is 5.03. The van der Waals surface area contributed by atoms with Crippen molar-refractivity contribution < 1.29 is 19.7 Å². The van der Waals surface area contributed by atoms with Crippen molar-refractivity contribution in [1.29, 1.82) is 0 Å². The first-order chi connectivity index (χ1) is 6.41. The molecule has 0 radical (unpaired) electrons. The molecule has 0 aromatic rings. The van der Waals surface area contributed by atoms with Gasteiger partial charge in [0.2, 0.25) is 0 Å². The van der Waals surface area contributed by atoms with E-state index in [4.69, 9.17) is 9.84 Å². The van der Waals surface area contributed by atoms with Crippen molar-refractivity contribution in [1.82, 2.24) is 0 Å². The van der Waals surface area contributed by atoms with Gasteiger partial charge in [-0.3, -0.25) is 0 Å². The molecule has 14 heavy (non-hydrogen) atoms. The molecule has 1 aliphatic heterocycles. The van der Waals surface area contributed by atoms with Gasteiger partial charge in [-0.15, -0.1) is 0 Å². The average molecular weight is 202 g/mol. The average Bonchev–Trinajstić information content (AvgIpc) is 2.44. The Morgan fingerprint density at radius 2 is 2.14 bits per heavy atom. The van der Waals surface area contributed by atoms with E-state index in [9.17, 15) is 9.90 Å². The highest BCUT2D eigenvalue weighted by Gasteiger charge is 2.49. The van der Waals surface area contributed by atoms with Crippen molar-refractivity contribution in [3.8, 4) is 0 Å². The van der Waals surface area contributed by atoms with Crippen molar-refractivity contribution in [3.05, 3.63) is 0 Å². The smallest absolute Gasteiger partial charge is 0.336 e. The molecule has 1 aliphatic rings. The Hall–Kier alpha value is -0.610. The Morgan fingerprint density at radius 1 is 1.57 bits per heavy atom. The van der Waals surface area contributed by atoms with E-state index in [1.165, 1.54) is 0 Å². The molecule has 4 unspecified atom stereocenters. The topological polar surface area (TPSA) is 66.8 Å². The summed E-state index contributed by atoms with van der Waals surface area (Å²) in [6.07, 6.45) is 0.670. The Balaban J connectivity index is 2.85. The van der Waals surface area contributed by atoms with E-state index in [0.717, 1.165) is 0 Å². The molecule has 0 amide bonds. The zero-order valence-electron chi connectivity index (χ0n) is 8.86. The number of carboxylic acids is 1. The van der Waals surface area contributed by atoms with E-state index in [2.05, 4.69) is 0 Å². The zero-order chi connectivity index (χ0) is 10.9. The normalized spacial score (nSPS) is 36.7. The van der Waals surface area contributed by atoms with Crippen LogP contribution >= 0.6 is 0 Å². The number of rotatable bonds is 3. The number of hydrogen-bond donors (Lipinski definition) is 2. The van der Waals surface area contributed by atoms with Crippen molar-refractivity contribution in [2.45, 2.75) is 51.4 Å². The van der Waals surface area contributed by atoms with Crippen LogP contribution in [0.1, 0.15) is 33.6 Å². The van der Waals surface area contributed by atoms with Gasteiger partial charge in [-0.05, 0) is 26.7 Å². The third-order valence-corrected chi connectivity index (χ3v) is 3.12. The summed E-state index contributed by atoms with van der Waals surface area (Å²) in [5.74, 6) is -1.45. The standard InChI is InChI=1S/C10H18O4/c1-4-10(13,9(11)12)8-5-6(2)14-7(8)3/h6-8,13H,4-5H2,1-3H3,(H,11,12). The minimum atomic E-state index is -1.63. The molecule has 2 N–H and O–H groups in total. The van der Waals surface area contributed by atoms with Crippen molar-refractivity contribution in [3.63, 3.8) is 0 Å². The van der Waals surface area contributed by atoms with Crippen LogP contribution in [-0.4, -0.2) is 34.0 Å². The van der Waals surface area contributed by atoms with Gasteiger partial charge in [-0.1, -0.05) is 6.92 Å². The fraction of sp³-hybridized carbons (Fsp3) is 0.900. The number of aliphatic hydroxyl groups is 1. The van der Waals surface area contributed by atoms with E-state index in [1.807, 2.05) is 13.8 Å². The van der Waals surface area contributed by atoms with Crippen molar-refractivity contribution >= 4 is 5.97 Å². The lowest BCUT2D eigenvalue weighted by atomic mass is 9.80. The Morgan fingerprint density at radius 3 is 2.43 bits per heavy atom. The molecule has 4 heteroatoms. The molecule has 1 fully saturated rings. The fourth-order valence-electron chi connectivity index (χ4n) is 2.22. The van der Waals surface area contributed by atoms with Gasteiger partial charge in [-0.25, -0.2) is 4.79 Å². The molecule has 1 heterocycles. The highest BCUT2D eigenvalue weighted by molar-refractivity contribution is 5.77. The Bertz CT molecular complexity index is 228. The second-order valence-electron chi connectivity index (χ2n) is 4.08. The van der Waals surface area contributed by atoms with Crippen LogP contribution in [0, 0.1) is 5.92 Å². The number of carbonyl (C=O) groups is 1. The summed E-state index contributed by atoms with van der Waals surface area (Å²) in [5.41, 5.74) is -1.63. The molecule has 0 bridgehead atoms. The molecule has 0 spiro atoms. The van der Waals surface area contributed by atoms with Gasteiger partial charge in [0.25, 0.3) is 0 Å². The lowest BCUT2D eigenvalue weighted by molar-refractivity contribution is -0.167. The zero-order valence-corrected chi connectivity index (χ0v) is 8.86. The minimum Gasteiger partial charge on any atom is -0.479 e. The van der Waals surface area contributed by atoms with E-state index in [1.54, 1.807) is 6.92 Å². The monoisotopic (exact) mass is 202 g/mol. The number of carboxylic acid groups (broad SMARTS) is 1. The molecule has 4 nitrogen and oxygen atoms in total. The van der Waals surface area contributed by atoms with Crippen LogP contribution < -0.4 is 0 Å². The third-order valence-electron chi connectivity index (χ3n) is 3.12. The van der Waals surface area contributed by atoms with Crippen LogP contribution in [0.15, 0.2) is 0 Å². The van der Waals surface area contributed by atoms with Gasteiger partial charge in [0, 0.05) is 5.92 Å². The molecular weight excluding hydrogens is 184 g/mol. The van der Waals surface area contributed by atoms with E-state index < -0.39 is 11.6 Å². The molecule has 82 valence electrons. The second-order valence-corrected chi connectivity index (χ2v) is 4.08. The molecule has 0 aliphatic carbocycles. The summed E-state index contributed by atoms with van der Waals surface area (Å²) >= 11 is 0. The van der Waals surface area contributed by atoms with E-state index in [0.29, 0.717) is 6.42 Å². The maximum Gasteiger partial charge on any atom is 0.336 e. The first-order valence-corrected chi connectivity index (χ1v) is 5.03. The van der Waals surface area contributed by atoms with Crippen LogP contribution in [0.2, 0.25) is 0 Å². The SMILES string of the molecule is CCC(O)(C(=O)O)C1CC(C)OC1C. The molecule has 0 aromatic carbocycles. The number of aliphatic carboxylic acids is 1. The third kappa shape index (κ3) is 1.77. The minimum absolute atomic E-state index is 0.0347. The molecule has 0 saturated carbocycles. The van der Waals surface area contributed by atoms with Crippen LogP contribution in [0.25, 0.3) is 0 Å². The number of ether oxygens (including phenoxy) is 1. The Kier molecular flexibility index (Phi) is 3.17. The lowest BCUT2D eigenvalue weighted by Crippen LogP contribution is -2.47. The summed E-state index contributed by atoms with van der Waals surface area (Å²) in [4.78, 5) is 11.0. The Labute approximate surface area is 83.9 Å². The predicted molar refractivity (Wildman–Crippen MR) is 51.0 cm³/mol. The quantitative estimate of drug-likeness (QED) is 0.717. The molecule has 1 rings (SSSR count). The van der Waals surface area contributed by atoms with Gasteiger partial charge >= 0.3 is 5.97 Å². The molecular formula is C10H18O4. The van der Waals surface area contributed by atoms with Gasteiger partial charge in [0.15, 0.2) is 5.60 Å². The van der Waals surface area contributed by atoms with Crippen LogP contribution in [0.3, 0.4) is 0 Å². The summed E-state index contributed by atoms with van der Waals surface area (Å²) in [6.45, 7) is 5.40. The van der Waals surface area contributed by atoms with Gasteiger partial charge in [-0.2, -0.15) is 0 Å². The van der Waals surface area contributed by atoms with Crippen molar-refractivity contribution in [2.75, 3.05) is 0 Å². The van der Waals surface area contributed by atoms with Crippen LogP contribution in [0.4, 0.5) is 0 Å². The van der Waals surface area contributed by atoms with E-state index >= 15 is 0 Å². The maximum atomic E-state index is 11.0. The maximum absolute atomic E-state index is 11.0. The van der Waals surface area contributed by atoms with E-state index in [-0.39, 0.29) is 24.5 Å². The first kappa shape index (κ1) is 11.5. The number of hydrogen-bond acceptors (Lipinski definition) is 3. The van der Waals surface area contributed by atoms with Crippen molar-refractivity contribution in [2.24, 2.45) is 5.92 Å². The van der Waals surface area contributed by atoms with Gasteiger partial charge in [0.05, 0.1) is 12.2 Å². The highest BCUT2D eigenvalue weighted by atomic mass is 16.5. The van der Waals surface area contributed by atoms with Gasteiger partial charge < -0.3 is 14.9 Å². The summed E-state index contributed by atoms with van der Waals surface area (Å²) < 4.78 is 5.45. The summed E-state index contributed by atoms with van der Waals surface area (Å²) in [7, 11) is 0.